The van der Waals surface area contributed by atoms with Crippen LogP contribution in [0.15, 0.2) is 22.7 Å². The molecule has 1 fully saturated rings. The Balaban J connectivity index is 2.05. The minimum atomic E-state index is -0.212. The minimum absolute atomic E-state index is 0.212. The van der Waals surface area contributed by atoms with Crippen molar-refractivity contribution >= 4 is 21.6 Å². The molecule has 3 nitrogen and oxygen atoms in total. The average molecular weight is 355 g/mol. The van der Waals surface area contributed by atoms with Gasteiger partial charge in [-0.3, -0.25) is 0 Å². The number of rotatable bonds is 6. The third-order valence-corrected chi connectivity index (χ3v) is 5.11. The van der Waals surface area contributed by atoms with Gasteiger partial charge in [0.1, 0.15) is 0 Å². The summed E-state index contributed by atoms with van der Waals surface area (Å²) in [4.78, 5) is 2.37. The molecule has 0 amide bonds. The Kier molecular flexibility index (Phi) is 6.08. The highest BCUT2D eigenvalue weighted by Crippen LogP contribution is 2.31. The van der Waals surface area contributed by atoms with Crippen LogP contribution in [0.25, 0.3) is 0 Å². The molecule has 3 unspecified atom stereocenters. The van der Waals surface area contributed by atoms with Crippen molar-refractivity contribution in [2.75, 3.05) is 24.5 Å². The molecule has 4 heteroatoms. The van der Waals surface area contributed by atoms with Gasteiger partial charge in [0.15, 0.2) is 0 Å². The lowest BCUT2D eigenvalue weighted by atomic mass is 10.0. The van der Waals surface area contributed by atoms with E-state index in [-0.39, 0.29) is 6.10 Å². The summed E-state index contributed by atoms with van der Waals surface area (Å²) in [7, 11) is 0. The van der Waals surface area contributed by atoms with Gasteiger partial charge in [-0.05, 0) is 50.9 Å². The fraction of sp³-hybridized carbons (Fsp3) is 0.647. The monoisotopic (exact) mass is 354 g/mol. The summed E-state index contributed by atoms with van der Waals surface area (Å²) in [6, 6.07) is 6.98. The van der Waals surface area contributed by atoms with Gasteiger partial charge in [-0.2, -0.15) is 0 Å². The maximum atomic E-state index is 9.73. The zero-order valence-corrected chi connectivity index (χ0v) is 14.9. The van der Waals surface area contributed by atoms with E-state index in [1.165, 1.54) is 11.3 Å². The zero-order valence-electron chi connectivity index (χ0n) is 13.3. The Morgan fingerprint density at radius 1 is 1.43 bits per heavy atom. The molecule has 1 saturated heterocycles. The molecule has 0 bridgehead atoms. The molecule has 2 rings (SSSR count). The second-order valence-electron chi connectivity index (χ2n) is 6.12. The Hall–Kier alpha value is -0.580. The third-order valence-electron chi connectivity index (χ3n) is 4.42. The SMILES string of the molecule is CCCNC(C)c1ccc(N2CCC(C(C)O)C2)cc1Br. The normalized spacial score (nSPS) is 21.6. The molecule has 118 valence electrons. The van der Waals surface area contributed by atoms with Crippen LogP contribution < -0.4 is 10.2 Å². The quantitative estimate of drug-likeness (QED) is 0.817. The number of nitrogens with one attached hydrogen (secondary N) is 1. The van der Waals surface area contributed by atoms with E-state index in [0.717, 1.165) is 36.9 Å². The van der Waals surface area contributed by atoms with Crippen molar-refractivity contribution in [1.29, 1.82) is 0 Å². The van der Waals surface area contributed by atoms with E-state index in [4.69, 9.17) is 0 Å². The third kappa shape index (κ3) is 4.21. The van der Waals surface area contributed by atoms with E-state index in [9.17, 15) is 5.11 Å². The molecule has 0 aliphatic carbocycles. The smallest absolute Gasteiger partial charge is 0.0557 e. The van der Waals surface area contributed by atoms with Crippen LogP contribution in [-0.4, -0.2) is 30.8 Å². The predicted molar refractivity (Wildman–Crippen MR) is 92.9 cm³/mol. The van der Waals surface area contributed by atoms with Crippen molar-refractivity contribution in [2.24, 2.45) is 5.92 Å². The number of hydrogen-bond acceptors (Lipinski definition) is 3. The molecular formula is C17H27BrN2O. The Labute approximate surface area is 136 Å². The fourth-order valence-electron chi connectivity index (χ4n) is 2.95. The average Bonchev–Trinajstić information content (AvgIpc) is 2.94. The number of aliphatic hydroxyl groups excluding tert-OH is 1. The molecule has 1 aromatic carbocycles. The number of nitrogens with zero attached hydrogens (tertiary/aromatic N) is 1. The zero-order chi connectivity index (χ0) is 15.4. The Morgan fingerprint density at radius 2 is 2.19 bits per heavy atom. The van der Waals surface area contributed by atoms with E-state index in [1.54, 1.807) is 0 Å². The molecule has 2 N–H and O–H groups in total. The second-order valence-corrected chi connectivity index (χ2v) is 6.97. The van der Waals surface area contributed by atoms with Crippen molar-refractivity contribution in [1.82, 2.24) is 5.32 Å². The largest absolute Gasteiger partial charge is 0.393 e. The second kappa shape index (κ2) is 7.61. The van der Waals surface area contributed by atoms with E-state index < -0.39 is 0 Å². The molecule has 1 aliphatic rings. The highest BCUT2D eigenvalue weighted by Gasteiger charge is 2.26. The maximum absolute atomic E-state index is 9.73. The van der Waals surface area contributed by atoms with Crippen molar-refractivity contribution < 1.29 is 5.11 Å². The first kappa shape index (κ1) is 16.8. The summed E-state index contributed by atoms with van der Waals surface area (Å²) in [5, 5.41) is 13.3. The van der Waals surface area contributed by atoms with Crippen LogP contribution in [-0.2, 0) is 0 Å². The van der Waals surface area contributed by atoms with Gasteiger partial charge in [-0.15, -0.1) is 0 Å². The summed E-state index contributed by atoms with van der Waals surface area (Å²) in [5.41, 5.74) is 2.55. The molecule has 0 radical (unpaired) electrons. The van der Waals surface area contributed by atoms with E-state index in [1.807, 2.05) is 6.92 Å². The predicted octanol–water partition coefficient (Wildman–Crippen LogP) is 3.72. The lowest BCUT2D eigenvalue weighted by Crippen LogP contribution is -2.24. The van der Waals surface area contributed by atoms with Crippen molar-refractivity contribution in [2.45, 2.75) is 45.8 Å². The van der Waals surface area contributed by atoms with Crippen LogP contribution >= 0.6 is 15.9 Å². The first-order valence-corrected chi connectivity index (χ1v) is 8.78. The van der Waals surface area contributed by atoms with Gasteiger partial charge in [0.05, 0.1) is 6.10 Å². The molecule has 3 atom stereocenters. The first-order chi connectivity index (χ1) is 10.0. The lowest BCUT2D eigenvalue weighted by Gasteiger charge is -2.22. The minimum Gasteiger partial charge on any atom is -0.393 e. The summed E-state index contributed by atoms with van der Waals surface area (Å²) >= 11 is 3.71. The van der Waals surface area contributed by atoms with E-state index >= 15 is 0 Å². The number of hydrogen-bond donors (Lipinski definition) is 2. The van der Waals surface area contributed by atoms with Crippen LogP contribution in [0, 0.1) is 5.92 Å². The Morgan fingerprint density at radius 3 is 2.76 bits per heavy atom. The van der Waals surface area contributed by atoms with Gasteiger partial charge in [-0.25, -0.2) is 0 Å². The van der Waals surface area contributed by atoms with Gasteiger partial charge >= 0.3 is 0 Å². The van der Waals surface area contributed by atoms with Crippen molar-refractivity contribution in [3.05, 3.63) is 28.2 Å². The van der Waals surface area contributed by atoms with Gasteiger partial charge in [0.2, 0.25) is 0 Å². The van der Waals surface area contributed by atoms with Crippen LogP contribution in [0.2, 0.25) is 0 Å². The van der Waals surface area contributed by atoms with Gasteiger partial charge in [0, 0.05) is 35.2 Å². The first-order valence-electron chi connectivity index (χ1n) is 7.98. The number of anilines is 1. The van der Waals surface area contributed by atoms with Crippen LogP contribution in [0.1, 0.15) is 45.2 Å². The summed E-state index contributed by atoms with van der Waals surface area (Å²) in [6.45, 7) is 9.31. The standard InChI is InChI=1S/C17H27BrN2O/c1-4-8-19-12(2)16-6-5-15(10-17(16)18)20-9-7-14(11-20)13(3)21/h5-6,10,12-14,19,21H,4,7-9,11H2,1-3H3. The molecule has 0 saturated carbocycles. The number of halogens is 1. The van der Waals surface area contributed by atoms with Crippen molar-refractivity contribution in [3.63, 3.8) is 0 Å². The molecule has 1 aliphatic heterocycles. The van der Waals surface area contributed by atoms with Crippen LogP contribution in [0.5, 0.6) is 0 Å². The van der Waals surface area contributed by atoms with E-state index in [0.29, 0.717) is 12.0 Å². The summed E-state index contributed by atoms with van der Waals surface area (Å²) in [5.74, 6) is 0.397. The molecule has 1 aromatic rings. The molecule has 0 spiro atoms. The lowest BCUT2D eigenvalue weighted by molar-refractivity contribution is 0.136. The number of aliphatic hydroxyl groups is 1. The Bertz CT molecular complexity index is 464. The molecule has 1 heterocycles. The van der Waals surface area contributed by atoms with Gasteiger partial charge in [-0.1, -0.05) is 28.9 Å². The number of benzene rings is 1. The summed E-state index contributed by atoms with van der Waals surface area (Å²) < 4.78 is 1.16. The molecule has 0 aromatic heterocycles. The maximum Gasteiger partial charge on any atom is 0.0557 e. The molecular weight excluding hydrogens is 328 g/mol. The highest BCUT2D eigenvalue weighted by atomic mass is 79.9. The van der Waals surface area contributed by atoms with Gasteiger partial charge in [0.25, 0.3) is 0 Å². The fourth-order valence-corrected chi connectivity index (χ4v) is 3.66. The van der Waals surface area contributed by atoms with Crippen LogP contribution in [0.4, 0.5) is 5.69 Å². The van der Waals surface area contributed by atoms with Crippen LogP contribution in [0.3, 0.4) is 0 Å². The van der Waals surface area contributed by atoms with Crippen molar-refractivity contribution in [3.8, 4) is 0 Å². The van der Waals surface area contributed by atoms with E-state index in [2.05, 4.69) is 58.2 Å². The van der Waals surface area contributed by atoms with Gasteiger partial charge < -0.3 is 15.3 Å². The molecule has 21 heavy (non-hydrogen) atoms. The summed E-state index contributed by atoms with van der Waals surface area (Å²) in [6.07, 6.45) is 2.01. The topological polar surface area (TPSA) is 35.5 Å². The highest BCUT2D eigenvalue weighted by molar-refractivity contribution is 9.10.